The van der Waals surface area contributed by atoms with E-state index in [1.54, 1.807) is 18.2 Å². The number of rotatable bonds is 6. The molecule has 1 amide bonds. The molecule has 2 aromatic rings. The van der Waals surface area contributed by atoms with Crippen LogP contribution in [-0.2, 0) is 4.79 Å². The monoisotopic (exact) mass is 355 g/mol. The second kappa shape index (κ2) is 7.89. The van der Waals surface area contributed by atoms with Crippen LogP contribution in [0, 0.1) is 11.3 Å². The summed E-state index contributed by atoms with van der Waals surface area (Å²) < 4.78 is 11.1. The van der Waals surface area contributed by atoms with Crippen LogP contribution in [0.4, 0.5) is 5.88 Å². The van der Waals surface area contributed by atoms with Crippen LogP contribution in [0.25, 0.3) is 11.7 Å². The van der Waals surface area contributed by atoms with Gasteiger partial charge in [0.05, 0.1) is 12.3 Å². The maximum atomic E-state index is 12.1. The summed E-state index contributed by atoms with van der Waals surface area (Å²) in [5.41, 5.74) is 0.238. The summed E-state index contributed by atoms with van der Waals surface area (Å²) in [6.45, 7) is 8.60. The molecular weight excluding hydrogens is 334 g/mol. The molecule has 0 bridgehead atoms. The number of hydrogen-bond donors (Lipinski definition) is 1. The van der Waals surface area contributed by atoms with Crippen LogP contribution in [-0.4, -0.2) is 54.6 Å². The van der Waals surface area contributed by atoms with E-state index in [1.807, 2.05) is 11.8 Å². The molecule has 8 heteroatoms. The lowest BCUT2D eigenvalue weighted by Crippen LogP contribution is -2.54. The normalized spacial score (nSPS) is 16.1. The van der Waals surface area contributed by atoms with Gasteiger partial charge >= 0.3 is 0 Å². The first-order chi connectivity index (χ1) is 12.6. The lowest BCUT2D eigenvalue weighted by atomic mass is 10.2. The third kappa shape index (κ3) is 3.63. The number of anilines is 1. The molecule has 8 nitrogen and oxygen atoms in total. The Hall–Kier alpha value is -3.05. The summed E-state index contributed by atoms with van der Waals surface area (Å²) in [5, 5.41) is 12.2. The molecule has 2 aromatic heterocycles. The predicted molar refractivity (Wildman–Crippen MR) is 95.4 cm³/mol. The fraction of sp³-hybridized carbons (Fsp3) is 0.389. The van der Waals surface area contributed by atoms with Crippen molar-refractivity contribution in [3.63, 3.8) is 0 Å². The summed E-state index contributed by atoms with van der Waals surface area (Å²) in [6, 6.07) is 5.33. The highest BCUT2D eigenvalue weighted by atomic mass is 16.4. The Morgan fingerprint density at radius 2 is 2.27 bits per heavy atom. The van der Waals surface area contributed by atoms with Gasteiger partial charge in [0.1, 0.15) is 6.07 Å². The van der Waals surface area contributed by atoms with Crippen molar-refractivity contribution in [1.29, 1.82) is 5.26 Å². The Morgan fingerprint density at radius 1 is 1.50 bits per heavy atom. The third-order valence-corrected chi connectivity index (χ3v) is 4.40. The number of nitrogens with one attached hydrogen (secondary N) is 1. The number of aromatic nitrogens is 1. The Kier molecular flexibility index (Phi) is 5.39. The minimum Gasteiger partial charge on any atom is -0.459 e. The molecule has 1 N–H and O–H groups in total. The van der Waals surface area contributed by atoms with Crippen molar-refractivity contribution in [2.24, 2.45) is 0 Å². The van der Waals surface area contributed by atoms with E-state index in [2.05, 4.69) is 27.8 Å². The summed E-state index contributed by atoms with van der Waals surface area (Å²) >= 11 is 0. The zero-order chi connectivity index (χ0) is 18.5. The van der Waals surface area contributed by atoms with E-state index in [1.165, 1.54) is 6.26 Å². The van der Waals surface area contributed by atoms with Gasteiger partial charge in [-0.3, -0.25) is 9.69 Å². The van der Waals surface area contributed by atoms with Gasteiger partial charge in [-0.05, 0) is 19.1 Å². The summed E-state index contributed by atoms with van der Waals surface area (Å²) in [7, 11) is 0. The van der Waals surface area contributed by atoms with Gasteiger partial charge in [0, 0.05) is 32.7 Å². The molecule has 26 heavy (non-hydrogen) atoms. The van der Waals surface area contributed by atoms with E-state index in [4.69, 9.17) is 8.83 Å². The van der Waals surface area contributed by atoms with Crippen molar-refractivity contribution in [2.45, 2.75) is 13.0 Å². The molecule has 1 atom stereocenters. The molecule has 1 saturated heterocycles. The number of hydrogen-bond acceptors (Lipinski definition) is 7. The van der Waals surface area contributed by atoms with Crippen LogP contribution in [0.15, 0.2) is 39.9 Å². The zero-order valence-electron chi connectivity index (χ0n) is 14.6. The van der Waals surface area contributed by atoms with E-state index >= 15 is 0 Å². The minimum absolute atomic E-state index is 0.0177. The average Bonchev–Trinajstić information content (AvgIpc) is 3.34. The highest BCUT2D eigenvalue weighted by Gasteiger charge is 2.29. The summed E-state index contributed by atoms with van der Waals surface area (Å²) in [5.74, 6) is 1.21. The molecule has 0 saturated carbocycles. The van der Waals surface area contributed by atoms with E-state index in [9.17, 15) is 10.1 Å². The maximum Gasteiger partial charge on any atom is 0.266 e. The summed E-state index contributed by atoms with van der Waals surface area (Å²) in [4.78, 5) is 20.4. The Bertz CT molecular complexity index is 797. The van der Waals surface area contributed by atoms with Crippen LogP contribution in [0.5, 0.6) is 0 Å². The maximum absolute atomic E-state index is 12.1. The van der Waals surface area contributed by atoms with E-state index in [-0.39, 0.29) is 17.6 Å². The molecule has 3 heterocycles. The van der Waals surface area contributed by atoms with Crippen molar-refractivity contribution in [3.8, 4) is 17.7 Å². The first-order valence-electron chi connectivity index (χ1n) is 8.46. The molecule has 0 radical (unpaired) electrons. The van der Waals surface area contributed by atoms with Crippen molar-refractivity contribution in [1.82, 2.24) is 15.2 Å². The zero-order valence-corrected chi connectivity index (χ0v) is 14.6. The standard InChI is InChI=1S/C18H21N5O3/c1-3-6-20-16(24)13(2)22-7-9-23(10-8-22)18-14(12-19)21-17(26-18)15-5-4-11-25-15/h3-5,11,13H,1,6-10H2,2H3,(H,20,24)/t13-/m0/s1. The van der Waals surface area contributed by atoms with Gasteiger partial charge < -0.3 is 19.1 Å². The minimum atomic E-state index is -0.221. The van der Waals surface area contributed by atoms with Gasteiger partial charge in [0.2, 0.25) is 17.5 Å². The van der Waals surface area contributed by atoms with Crippen LogP contribution < -0.4 is 10.2 Å². The molecule has 0 aliphatic carbocycles. The van der Waals surface area contributed by atoms with Gasteiger partial charge in [-0.1, -0.05) is 6.08 Å². The molecular formula is C18H21N5O3. The number of carbonyl (C=O) groups is 1. The van der Waals surface area contributed by atoms with Crippen LogP contribution in [0.2, 0.25) is 0 Å². The van der Waals surface area contributed by atoms with Gasteiger partial charge in [0.15, 0.2) is 5.76 Å². The highest BCUT2D eigenvalue weighted by molar-refractivity contribution is 5.81. The number of carbonyl (C=O) groups excluding carboxylic acids is 1. The van der Waals surface area contributed by atoms with Gasteiger partial charge in [-0.2, -0.15) is 10.2 Å². The Balaban J connectivity index is 1.66. The van der Waals surface area contributed by atoms with Gasteiger partial charge in [-0.25, -0.2) is 0 Å². The number of nitrogens with zero attached hydrogens (tertiary/aromatic N) is 4. The fourth-order valence-electron chi connectivity index (χ4n) is 2.90. The lowest BCUT2D eigenvalue weighted by Gasteiger charge is -2.37. The molecule has 0 unspecified atom stereocenters. The van der Waals surface area contributed by atoms with E-state index in [0.717, 1.165) is 0 Å². The largest absolute Gasteiger partial charge is 0.459 e. The Morgan fingerprint density at radius 3 is 2.88 bits per heavy atom. The predicted octanol–water partition coefficient (Wildman–Crippen LogP) is 1.62. The van der Waals surface area contributed by atoms with Gasteiger partial charge in [-0.15, -0.1) is 6.58 Å². The molecule has 1 fully saturated rings. The number of amides is 1. The first-order valence-corrected chi connectivity index (χ1v) is 8.46. The molecule has 0 aromatic carbocycles. The van der Waals surface area contributed by atoms with Crippen LogP contribution >= 0.6 is 0 Å². The second-order valence-corrected chi connectivity index (χ2v) is 5.99. The number of piperazine rings is 1. The fourth-order valence-corrected chi connectivity index (χ4v) is 2.90. The van der Waals surface area contributed by atoms with E-state index < -0.39 is 0 Å². The number of nitriles is 1. The molecule has 136 valence electrons. The number of furan rings is 1. The van der Waals surface area contributed by atoms with Crippen molar-refractivity contribution in [3.05, 3.63) is 36.7 Å². The number of oxazole rings is 1. The van der Waals surface area contributed by atoms with Crippen LogP contribution in [0.3, 0.4) is 0 Å². The smallest absolute Gasteiger partial charge is 0.266 e. The molecule has 0 spiro atoms. The van der Waals surface area contributed by atoms with Crippen molar-refractivity contribution < 1.29 is 13.6 Å². The van der Waals surface area contributed by atoms with Crippen molar-refractivity contribution >= 4 is 11.8 Å². The van der Waals surface area contributed by atoms with Crippen LogP contribution in [0.1, 0.15) is 12.6 Å². The quantitative estimate of drug-likeness (QED) is 0.786. The topological polar surface area (TPSA) is 98.5 Å². The average molecular weight is 355 g/mol. The third-order valence-electron chi connectivity index (χ3n) is 4.40. The highest BCUT2D eigenvalue weighted by Crippen LogP contribution is 2.29. The molecule has 3 rings (SSSR count). The first kappa shape index (κ1) is 17.8. The van der Waals surface area contributed by atoms with Crippen molar-refractivity contribution in [2.75, 3.05) is 37.6 Å². The van der Waals surface area contributed by atoms with Gasteiger partial charge in [0.25, 0.3) is 5.89 Å². The molecule has 1 aliphatic rings. The SMILES string of the molecule is C=CCNC(=O)[C@H](C)N1CCN(c2oc(-c3ccco3)nc2C#N)CC1. The summed E-state index contributed by atoms with van der Waals surface area (Å²) in [6.07, 6.45) is 3.19. The van der Waals surface area contributed by atoms with E-state index in [0.29, 0.717) is 50.3 Å². The second-order valence-electron chi connectivity index (χ2n) is 5.99. The lowest BCUT2D eigenvalue weighted by molar-refractivity contribution is -0.125. The molecule has 1 aliphatic heterocycles. The Labute approximate surface area is 151 Å².